The quantitative estimate of drug-likeness (QED) is 0.757. The summed E-state index contributed by atoms with van der Waals surface area (Å²) in [5.74, 6) is -0.363. The predicted molar refractivity (Wildman–Crippen MR) is 83.0 cm³/mol. The highest BCUT2D eigenvalue weighted by molar-refractivity contribution is 7.92. The highest BCUT2D eigenvalue weighted by atomic mass is 32.2. The molecule has 1 aromatic rings. The normalized spacial score (nSPS) is 11.2. The Hall–Kier alpha value is -1.60. The van der Waals surface area contributed by atoms with Crippen molar-refractivity contribution >= 4 is 21.6 Å². The maximum atomic E-state index is 12.0. The first-order valence-corrected chi connectivity index (χ1v) is 8.41. The molecule has 0 aliphatic rings. The van der Waals surface area contributed by atoms with Crippen LogP contribution in [0, 0.1) is 13.8 Å². The second-order valence-corrected chi connectivity index (χ2v) is 6.81. The third-order valence-electron chi connectivity index (χ3n) is 2.95. The molecule has 0 radical (unpaired) electrons. The third kappa shape index (κ3) is 5.35. The number of anilines is 1. The lowest BCUT2D eigenvalue weighted by molar-refractivity contribution is -0.119. The zero-order valence-electron chi connectivity index (χ0n) is 12.8. The van der Waals surface area contributed by atoms with Crippen LogP contribution in [0.2, 0.25) is 0 Å². The van der Waals surface area contributed by atoms with Crippen LogP contribution in [0.3, 0.4) is 0 Å². The van der Waals surface area contributed by atoms with E-state index in [2.05, 4.69) is 5.32 Å². The first-order chi connectivity index (χ1) is 9.75. The molecule has 0 saturated heterocycles. The molecule has 118 valence electrons. The zero-order chi connectivity index (χ0) is 16.0. The summed E-state index contributed by atoms with van der Waals surface area (Å²) in [5.41, 5.74) is 2.26. The molecule has 6 nitrogen and oxygen atoms in total. The van der Waals surface area contributed by atoms with E-state index in [0.29, 0.717) is 18.8 Å². The van der Waals surface area contributed by atoms with Crippen LogP contribution in [-0.2, 0) is 19.6 Å². The fourth-order valence-electron chi connectivity index (χ4n) is 1.85. The number of ether oxygens (including phenoxy) is 1. The molecule has 0 fully saturated rings. The molecule has 0 saturated carbocycles. The first kappa shape index (κ1) is 17.5. The van der Waals surface area contributed by atoms with Crippen LogP contribution >= 0.6 is 0 Å². The molecule has 7 heteroatoms. The Balaban J connectivity index is 2.97. The molecule has 0 atom stereocenters. The second kappa shape index (κ2) is 7.42. The minimum Gasteiger partial charge on any atom is -0.383 e. The van der Waals surface area contributed by atoms with Crippen LogP contribution in [-0.4, -0.2) is 47.4 Å². The SMILES string of the molecule is COCCNC(=O)CN(c1cc(C)ccc1C)S(C)(=O)=O. The maximum Gasteiger partial charge on any atom is 0.240 e. The van der Waals surface area contributed by atoms with Gasteiger partial charge < -0.3 is 10.1 Å². The Morgan fingerprint density at radius 1 is 1.33 bits per heavy atom. The number of hydrogen-bond donors (Lipinski definition) is 1. The molecule has 0 spiro atoms. The Morgan fingerprint density at radius 2 is 2.00 bits per heavy atom. The fraction of sp³-hybridized carbons (Fsp3) is 0.500. The van der Waals surface area contributed by atoms with Crippen molar-refractivity contribution in [2.24, 2.45) is 0 Å². The van der Waals surface area contributed by atoms with E-state index in [-0.39, 0.29) is 12.5 Å². The number of aryl methyl sites for hydroxylation is 2. The standard InChI is InChI=1S/C14H22N2O4S/c1-11-5-6-12(2)13(9-11)16(21(4,18)19)10-14(17)15-7-8-20-3/h5-6,9H,7-8,10H2,1-4H3,(H,15,17). The molecular weight excluding hydrogens is 292 g/mol. The van der Waals surface area contributed by atoms with E-state index in [0.717, 1.165) is 21.7 Å². The average molecular weight is 314 g/mol. The van der Waals surface area contributed by atoms with Crippen molar-refractivity contribution in [2.75, 3.05) is 37.4 Å². The van der Waals surface area contributed by atoms with Crippen molar-refractivity contribution in [1.82, 2.24) is 5.32 Å². The van der Waals surface area contributed by atoms with Gasteiger partial charge in [-0.1, -0.05) is 12.1 Å². The minimum atomic E-state index is -3.54. The topological polar surface area (TPSA) is 75.7 Å². The Morgan fingerprint density at radius 3 is 2.57 bits per heavy atom. The highest BCUT2D eigenvalue weighted by Gasteiger charge is 2.22. The predicted octanol–water partition coefficient (Wildman–Crippen LogP) is 0.832. The van der Waals surface area contributed by atoms with Crippen LogP contribution in [0.4, 0.5) is 5.69 Å². The molecule has 0 aliphatic carbocycles. The van der Waals surface area contributed by atoms with Crippen molar-refractivity contribution in [1.29, 1.82) is 0 Å². The van der Waals surface area contributed by atoms with Crippen molar-refractivity contribution in [3.63, 3.8) is 0 Å². The van der Waals surface area contributed by atoms with Gasteiger partial charge in [-0.2, -0.15) is 0 Å². The lowest BCUT2D eigenvalue weighted by Gasteiger charge is -2.24. The van der Waals surface area contributed by atoms with Gasteiger partial charge in [-0.3, -0.25) is 9.10 Å². The van der Waals surface area contributed by atoms with Gasteiger partial charge in [-0.15, -0.1) is 0 Å². The summed E-state index contributed by atoms with van der Waals surface area (Å²) in [6.45, 7) is 4.18. The summed E-state index contributed by atoms with van der Waals surface area (Å²) in [7, 11) is -2.01. The number of methoxy groups -OCH3 is 1. The Kier molecular flexibility index (Phi) is 6.17. The average Bonchev–Trinajstić information content (AvgIpc) is 2.38. The molecule has 1 N–H and O–H groups in total. The monoisotopic (exact) mass is 314 g/mol. The van der Waals surface area contributed by atoms with Gasteiger partial charge >= 0.3 is 0 Å². The fourth-order valence-corrected chi connectivity index (χ4v) is 2.75. The second-order valence-electron chi connectivity index (χ2n) is 4.90. The van der Waals surface area contributed by atoms with Crippen LogP contribution in [0.1, 0.15) is 11.1 Å². The van der Waals surface area contributed by atoms with Gasteiger partial charge in [0.05, 0.1) is 18.6 Å². The molecule has 0 unspecified atom stereocenters. The van der Waals surface area contributed by atoms with Gasteiger partial charge in [-0.25, -0.2) is 8.42 Å². The van der Waals surface area contributed by atoms with Crippen LogP contribution in [0.5, 0.6) is 0 Å². The van der Waals surface area contributed by atoms with E-state index >= 15 is 0 Å². The number of rotatable bonds is 7. The Bertz CT molecular complexity index is 599. The van der Waals surface area contributed by atoms with Crippen molar-refractivity contribution in [2.45, 2.75) is 13.8 Å². The van der Waals surface area contributed by atoms with E-state index in [1.54, 1.807) is 6.07 Å². The number of amides is 1. The summed E-state index contributed by atoms with van der Waals surface area (Å²) in [5, 5.41) is 2.62. The number of hydrogen-bond acceptors (Lipinski definition) is 4. The van der Waals surface area contributed by atoms with E-state index in [1.165, 1.54) is 7.11 Å². The van der Waals surface area contributed by atoms with Gasteiger partial charge in [0.15, 0.2) is 0 Å². The first-order valence-electron chi connectivity index (χ1n) is 6.56. The number of benzene rings is 1. The van der Waals surface area contributed by atoms with Crippen LogP contribution in [0.25, 0.3) is 0 Å². The molecule has 0 aliphatic heterocycles. The highest BCUT2D eigenvalue weighted by Crippen LogP contribution is 2.23. The summed E-state index contributed by atoms with van der Waals surface area (Å²) >= 11 is 0. The molecule has 21 heavy (non-hydrogen) atoms. The Labute approximate surface area is 126 Å². The molecule has 1 amide bonds. The zero-order valence-corrected chi connectivity index (χ0v) is 13.7. The van der Waals surface area contributed by atoms with E-state index in [1.807, 2.05) is 26.0 Å². The van der Waals surface area contributed by atoms with Gasteiger partial charge in [0.2, 0.25) is 15.9 Å². The molecule has 0 aromatic heterocycles. The van der Waals surface area contributed by atoms with Gasteiger partial charge in [0, 0.05) is 13.7 Å². The van der Waals surface area contributed by atoms with Crippen LogP contribution < -0.4 is 9.62 Å². The van der Waals surface area contributed by atoms with Gasteiger partial charge in [0.25, 0.3) is 0 Å². The van der Waals surface area contributed by atoms with E-state index in [9.17, 15) is 13.2 Å². The van der Waals surface area contributed by atoms with Gasteiger partial charge in [0.1, 0.15) is 6.54 Å². The largest absolute Gasteiger partial charge is 0.383 e. The van der Waals surface area contributed by atoms with Crippen LogP contribution in [0.15, 0.2) is 18.2 Å². The van der Waals surface area contributed by atoms with Crippen molar-refractivity contribution in [3.05, 3.63) is 29.3 Å². The van der Waals surface area contributed by atoms with E-state index < -0.39 is 10.0 Å². The van der Waals surface area contributed by atoms with E-state index in [4.69, 9.17) is 4.74 Å². The summed E-state index contributed by atoms with van der Waals surface area (Å²) in [6, 6.07) is 5.50. The maximum absolute atomic E-state index is 12.0. The number of nitrogens with zero attached hydrogens (tertiary/aromatic N) is 1. The molecule has 0 heterocycles. The lowest BCUT2D eigenvalue weighted by Crippen LogP contribution is -2.41. The van der Waals surface area contributed by atoms with Crippen molar-refractivity contribution < 1.29 is 17.9 Å². The third-order valence-corrected chi connectivity index (χ3v) is 4.08. The lowest BCUT2D eigenvalue weighted by atomic mass is 10.1. The number of carbonyl (C=O) groups is 1. The van der Waals surface area contributed by atoms with Gasteiger partial charge in [-0.05, 0) is 31.0 Å². The molecule has 1 aromatic carbocycles. The minimum absolute atomic E-state index is 0.243. The van der Waals surface area contributed by atoms with Crippen molar-refractivity contribution in [3.8, 4) is 0 Å². The molecule has 1 rings (SSSR count). The number of carbonyl (C=O) groups excluding carboxylic acids is 1. The summed E-state index contributed by atoms with van der Waals surface area (Å²) < 4.78 is 29.9. The summed E-state index contributed by atoms with van der Waals surface area (Å²) in [4.78, 5) is 11.9. The number of sulfonamides is 1. The summed E-state index contributed by atoms with van der Waals surface area (Å²) in [6.07, 6.45) is 1.09. The molecular formula is C14H22N2O4S. The molecule has 0 bridgehead atoms. The smallest absolute Gasteiger partial charge is 0.240 e. The number of nitrogens with one attached hydrogen (secondary N) is 1.